The van der Waals surface area contributed by atoms with Gasteiger partial charge in [-0.15, -0.1) is 0 Å². The molecule has 3 aromatic rings. The van der Waals surface area contributed by atoms with Gasteiger partial charge in [0.05, 0.1) is 23.8 Å². The minimum atomic E-state index is 0.601. The van der Waals surface area contributed by atoms with E-state index in [9.17, 15) is 0 Å². The van der Waals surface area contributed by atoms with Crippen LogP contribution in [-0.4, -0.2) is 14.8 Å². The van der Waals surface area contributed by atoms with Gasteiger partial charge in [-0.2, -0.15) is 5.10 Å². The van der Waals surface area contributed by atoms with Crippen LogP contribution in [0.1, 0.15) is 43.0 Å². The molecule has 1 aliphatic carbocycles. The Hall–Kier alpha value is -2.36. The van der Waals surface area contributed by atoms with Crippen molar-refractivity contribution in [1.82, 2.24) is 14.8 Å². The Morgan fingerprint density at radius 3 is 2.87 bits per heavy atom. The number of nitrogens with one attached hydrogen (secondary N) is 1. The number of fused-ring (bicyclic) bond motifs is 1. The lowest BCUT2D eigenvalue weighted by Gasteiger charge is -2.10. The van der Waals surface area contributed by atoms with Crippen molar-refractivity contribution in [3.63, 3.8) is 0 Å². The van der Waals surface area contributed by atoms with Crippen LogP contribution < -0.4 is 5.32 Å². The molecule has 0 bridgehead atoms. The van der Waals surface area contributed by atoms with E-state index >= 15 is 0 Å². The molecule has 4 nitrogen and oxygen atoms in total. The molecule has 1 N–H and O–H groups in total. The van der Waals surface area contributed by atoms with E-state index in [-0.39, 0.29) is 0 Å². The predicted molar refractivity (Wildman–Crippen MR) is 93.5 cm³/mol. The average molecular weight is 306 g/mol. The Bertz CT molecular complexity index is 815. The van der Waals surface area contributed by atoms with Crippen LogP contribution in [0, 0.1) is 6.92 Å². The highest BCUT2D eigenvalue weighted by molar-refractivity contribution is 5.81. The van der Waals surface area contributed by atoms with E-state index in [0.717, 1.165) is 17.0 Å². The smallest absolute Gasteiger partial charge is 0.129 e. The van der Waals surface area contributed by atoms with Crippen LogP contribution in [0.15, 0.2) is 42.6 Å². The van der Waals surface area contributed by atoms with Crippen LogP contribution in [0.2, 0.25) is 0 Å². The molecule has 0 spiro atoms. The first kappa shape index (κ1) is 14.2. The van der Waals surface area contributed by atoms with Gasteiger partial charge in [0, 0.05) is 11.6 Å². The number of benzene rings is 1. The topological polar surface area (TPSA) is 42.7 Å². The highest BCUT2D eigenvalue weighted by atomic mass is 15.3. The highest BCUT2D eigenvalue weighted by Crippen LogP contribution is 2.28. The van der Waals surface area contributed by atoms with Crippen molar-refractivity contribution < 1.29 is 0 Å². The minimum Gasteiger partial charge on any atom is -0.364 e. The first-order valence-electron chi connectivity index (χ1n) is 8.44. The fraction of sp³-hybridized carbons (Fsp3) is 0.368. The van der Waals surface area contributed by atoms with Crippen molar-refractivity contribution in [3.8, 4) is 0 Å². The first-order valence-corrected chi connectivity index (χ1v) is 8.44. The van der Waals surface area contributed by atoms with E-state index < -0.39 is 0 Å². The molecule has 0 saturated heterocycles. The normalized spacial score (nSPS) is 15.3. The van der Waals surface area contributed by atoms with E-state index in [1.807, 2.05) is 12.1 Å². The van der Waals surface area contributed by atoms with E-state index in [2.05, 4.69) is 47.4 Å². The van der Waals surface area contributed by atoms with Gasteiger partial charge in [0.2, 0.25) is 0 Å². The third-order valence-corrected chi connectivity index (χ3v) is 4.71. The Morgan fingerprint density at radius 1 is 1.17 bits per heavy atom. The van der Waals surface area contributed by atoms with E-state index in [1.54, 1.807) is 0 Å². The van der Waals surface area contributed by atoms with Gasteiger partial charge >= 0.3 is 0 Å². The lowest BCUT2D eigenvalue weighted by atomic mass is 10.1. The molecule has 0 atom stereocenters. The number of anilines is 1. The van der Waals surface area contributed by atoms with Crippen LogP contribution in [-0.2, 0) is 6.54 Å². The minimum absolute atomic E-state index is 0.601. The second-order valence-corrected chi connectivity index (χ2v) is 6.43. The number of aryl methyl sites for hydroxylation is 1. The summed E-state index contributed by atoms with van der Waals surface area (Å²) in [5.41, 5.74) is 3.27. The fourth-order valence-corrected chi connectivity index (χ4v) is 3.42. The second-order valence-electron chi connectivity index (χ2n) is 6.43. The van der Waals surface area contributed by atoms with Gasteiger partial charge in [0.15, 0.2) is 0 Å². The molecular formula is C19H22N4. The molecule has 118 valence electrons. The van der Waals surface area contributed by atoms with E-state index in [1.165, 1.54) is 36.6 Å². The fourth-order valence-electron chi connectivity index (χ4n) is 3.42. The Morgan fingerprint density at radius 2 is 2.00 bits per heavy atom. The molecule has 0 aliphatic heterocycles. The van der Waals surface area contributed by atoms with Crippen LogP contribution in [0.25, 0.3) is 10.9 Å². The summed E-state index contributed by atoms with van der Waals surface area (Å²) >= 11 is 0. The zero-order valence-electron chi connectivity index (χ0n) is 13.5. The molecular weight excluding hydrogens is 284 g/mol. The monoisotopic (exact) mass is 306 g/mol. The number of aromatic nitrogens is 3. The largest absolute Gasteiger partial charge is 0.364 e. The lowest BCUT2D eigenvalue weighted by Crippen LogP contribution is -2.08. The summed E-state index contributed by atoms with van der Waals surface area (Å²) in [6.45, 7) is 2.81. The highest BCUT2D eigenvalue weighted by Gasteiger charge is 2.17. The first-order chi connectivity index (χ1) is 11.3. The predicted octanol–water partition coefficient (Wildman–Crippen LogP) is 4.47. The average Bonchev–Trinajstić information content (AvgIpc) is 3.24. The van der Waals surface area contributed by atoms with Gasteiger partial charge in [-0.3, -0.25) is 4.68 Å². The summed E-state index contributed by atoms with van der Waals surface area (Å²) in [6.07, 6.45) is 7.31. The van der Waals surface area contributed by atoms with Gasteiger partial charge in [-0.05, 0) is 43.5 Å². The van der Waals surface area contributed by atoms with Gasteiger partial charge in [-0.25, -0.2) is 4.98 Å². The molecule has 1 aliphatic rings. The van der Waals surface area contributed by atoms with E-state index in [0.29, 0.717) is 12.6 Å². The Kier molecular flexibility index (Phi) is 3.74. The molecule has 1 saturated carbocycles. The molecule has 0 unspecified atom stereocenters. The van der Waals surface area contributed by atoms with Gasteiger partial charge in [0.1, 0.15) is 5.82 Å². The van der Waals surface area contributed by atoms with Crippen LogP contribution in [0.3, 0.4) is 0 Å². The summed E-state index contributed by atoms with van der Waals surface area (Å²) < 4.78 is 2.14. The number of para-hydroxylation sites is 1. The van der Waals surface area contributed by atoms with Crippen molar-refractivity contribution in [1.29, 1.82) is 0 Å². The number of pyridine rings is 1. The van der Waals surface area contributed by atoms with Gasteiger partial charge in [-0.1, -0.05) is 31.0 Å². The summed E-state index contributed by atoms with van der Waals surface area (Å²) in [7, 11) is 0. The van der Waals surface area contributed by atoms with Crippen molar-refractivity contribution >= 4 is 16.7 Å². The quantitative estimate of drug-likeness (QED) is 0.773. The summed E-state index contributed by atoms with van der Waals surface area (Å²) in [5, 5.41) is 9.35. The standard InChI is InChI=1S/C19H22N4/c1-14-12-15-6-2-5-9-18(15)21-19(14)20-13-16-10-11-23(22-16)17-7-3-4-8-17/h2,5-6,9-12,17H,3-4,7-8,13H2,1H3,(H,20,21). The number of hydrogen-bond acceptors (Lipinski definition) is 3. The molecule has 4 rings (SSSR count). The summed E-state index contributed by atoms with van der Waals surface area (Å²) in [5.74, 6) is 0.944. The number of nitrogens with zero attached hydrogens (tertiary/aromatic N) is 3. The Labute approximate surface area is 136 Å². The molecule has 0 radical (unpaired) electrons. The van der Waals surface area contributed by atoms with Crippen LogP contribution >= 0.6 is 0 Å². The van der Waals surface area contributed by atoms with Crippen molar-refractivity contribution in [2.45, 2.75) is 45.2 Å². The van der Waals surface area contributed by atoms with Crippen LogP contribution in [0.5, 0.6) is 0 Å². The van der Waals surface area contributed by atoms with Crippen molar-refractivity contribution in [2.24, 2.45) is 0 Å². The molecule has 0 amide bonds. The molecule has 2 heterocycles. The Balaban J connectivity index is 1.49. The van der Waals surface area contributed by atoms with E-state index in [4.69, 9.17) is 10.1 Å². The zero-order chi connectivity index (χ0) is 15.6. The molecule has 23 heavy (non-hydrogen) atoms. The third kappa shape index (κ3) is 2.93. The molecule has 1 fully saturated rings. The second kappa shape index (κ2) is 6.03. The number of rotatable bonds is 4. The number of hydrogen-bond donors (Lipinski definition) is 1. The maximum atomic E-state index is 4.73. The lowest BCUT2D eigenvalue weighted by molar-refractivity contribution is 0.463. The molecule has 1 aromatic carbocycles. The maximum absolute atomic E-state index is 4.73. The summed E-state index contributed by atoms with van der Waals surface area (Å²) in [6, 6.07) is 13.1. The van der Waals surface area contributed by atoms with Crippen molar-refractivity contribution in [3.05, 3.63) is 53.9 Å². The zero-order valence-corrected chi connectivity index (χ0v) is 13.5. The van der Waals surface area contributed by atoms with Crippen LogP contribution in [0.4, 0.5) is 5.82 Å². The molecule has 2 aromatic heterocycles. The van der Waals surface area contributed by atoms with Gasteiger partial charge in [0.25, 0.3) is 0 Å². The van der Waals surface area contributed by atoms with Gasteiger partial charge < -0.3 is 5.32 Å². The van der Waals surface area contributed by atoms with Crippen molar-refractivity contribution in [2.75, 3.05) is 5.32 Å². The summed E-state index contributed by atoms with van der Waals surface area (Å²) in [4.78, 5) is 4.73. The SMILES string of the molecule is Cc1cc2ccccc2nc1NCc1ccn(C2CCCC2)n1. The molecule has 4 heteroatoms. The maximum Gasteiger partial charge on any atom is 0.129 e. The third-order valence-electron chi connectivity index (χ3n) is 4.71.